The zero-order valence-electron chi connectivity index (χ0n) is 16.8. The normalized spacial score (nSPS) is 12.2. The highest BCUT2D eigenvalue weighted by Gasteiger charge is 2.21. The van der Waals surface area contributed by atoms with Gasteiger partial charge in [0, 0.05) is 11.3 Å². The van der Waals surface area contributed by atoms with Gasteiger partial charge >= 0.3 is 0 Å². The SMILES string of the molecule is COc1ccc(C(=O)CSc2nnc([C@H](C)N(C)C)n2-c2ccc(F)cc2)cc1. The Morgan fingerprint density at radius 2 is 1.79 bits per heavy atom. The minimum absolute atomic E-state index is 0.0146. The lowest BCUT2D eigenvalue weighted by Crippen LogP contribution is -2.20. The number of aromatic nitrogens is 3. The molecule has 0 aliphatic carbocycles. The van der Waals surface area contributed by atoms with Gasteiger partial charge in [-0.15, -0.1) is 10.2 Å². The monoisotopic (exact) mass is 414 g/mol. The smallest absolute Gasteiger partial charge is 0.196 e. The number of methoxy groups -OCH3 is 1. The molecule has 3 aromatic rings. The number of hydrogen-bond donors (Lipinski definition) is 0. The number of benzene rings is 2. The average molecular weight is 415 g/mol. The van der Waals surface area contributed by atoms with E-state index in [4.69, 9.17) is 4.74 Å². The molecule has 0 unspecified atom stereocenters. The van der Waals surface area contributed by atoms with Crippen molar-refractivity contribution in [1.29, 1.82) is 0 Å². The van der Waals surface area contributed by atoms with Crippen LogP contribution in [0.3, 0.4) is 0 Å². The molecular weight excluding hydrogens is 391 g/mol. The van der Waals surface area contributed by atoms with Crippen LogP contribution in [0.5, 0.6) is 5.75 Å². The molecule has 152 valence electrons. The second-order valence-corrected chi connectivity index (χ2v) is 7.68. The van der Waals surface area contributed by atoms with Crippen LogP contribution in [0.2, 0.25) is 0 Å². The van der Waals surface area contributed by atoms with Gasteiger partial charge in [0.25, 0.3) is 0 Å². The topological polar surface area (TPSA) is 60.2 Å². The first-order valence-electron chi connectivity index (χ1n) is 9.08. The molecule has 3 rings (SSSR count). The Morgan fingerprint density at radius 3 is 2.38 bits per heavy atom. The van der Waals surface area contributed by atoms with Gasteiger partial charge < -0.3 is 4.74 Å². The van der Waals surface area contributed by atoms with Gasteiger partial charge in [0.1, 0.15) is 11.6 Å². The number of hydrogen-bond acceptors (Lipinski definition) is 6. The minimum Gasteiger partial charge on any atom is -0.497 e. The Kier molecular flexibility index (Phi) is 6.66. The van der Waals surface area contributed by atoms with Crippen molar-refractivity contribution in [3.8, 4) is 11.4 Å². The van der Waals surface area contributed by atoms with Crippen molar-refractivity contribution in [2.24, 2.45) is 0 Å². The summed E-state index contributed by atoms with van der Waals surface area (Å²) in [5, 5.41) is 9.22. The Bertz CT molecular complexity index is 971. The van der Waals surface area contributed by atoms with Crippen LogP contribution < -0.4 is 4.74 Å². The van der Waals surface area contributed by atoms with Crippen LogP contribution in [-0.4, -0.2) is 52.4 Å². The van der Waals surface area contributed by atoms with E-state index in [-0.39, 0.29) is 23.4 Å². The van der Waals surface area contributed by atoms with Crippen LogP contribution in [0.25, 0.3) is 5.69 Å². The first-order valence-corrected chi connectivity index (χ1v) is 10.1. The summed E-state index contributed by atoms with van der Waals surface area (Å²) in [5.74, 6) is 1.30. The Balaban J connectivity index is 1.86. The Labute approximate surface area is 173 Å². The fourth-order valence-electron chi connectivity index (χ4n) is 2.70. The van der Waals surface area contributed by atoms with Crippen molar-refractivity contribution in [3.63, 3.8) is 0 Å². The summed E-state index contributed by atoms with van der Waals surface area (Å²) in [5.41, 5.74) is 1.35. The summed E-state index contributed by atoms with van der Waals surface area (Å²) in [6, 6.07) is 13.1. The van der Waals surface area contributed by atoms with E-state index in [0.717, 1.165) is 11.5 Å². The highest BCUT2D eigenvalue weighted by Crippen LogP contribution is 2.27. The quantitative estimate of drug-likeness (QED) is 0.410. The number of ether oxygens (including phenoxy) is 1. The zero-order chi connectivity index (χ0) is 21.0. The van der Waals surface area contributed by atoms with Crippen LogP contribution in [0.4, 0.5) is 4.39 Å². The highest BCUT2D eigenvalue weighted by atomic mass is 32.2. The number of thioether (sulfide) groups is 1. The van der Waals surface area contributed by atoms with Gasteiger partial charge in [-0.2, -0.15) is 0 Å². The zero-order valence-corrected chi connectivity index (χ0v) is 17.6. The van der Waals surface area contributed by atoms with Crippen LogP contribution in [0.15, 0.2) is 53.7 Å². The van der Waals surface area contributed by atoms with E-state index in [9.17, 15) is 9.18 Å². The van der Waals surface area contributed by atoms with Crippen molar-refractivity contribution >= 4 is 17.5 Å². The van der Waals surface area contributed by atoms with Gasteiger partial charge in [0.05, 0.1) is 18.9 Å². The van der Waals surface area contributed by atoms with Crippen LogP contribution >= 0.6 is 11.8 Å². The Morgan fingerprint density at radius 1 is 1.14 bits per heavy atom. The third-order valence-electron chi connectivity index (χ3n) is 4.64. The third kappa shape index (κ3) is 4.83. The molecular formula is C21H23FN4O2S. The number of carbonyl (C=O) groups is 1. The van der Waals surface area contributed by atoms with E-state index in [1.165, 1.54) is 23.9 Å². The minimum atomic E-state index is -0.312. The summed E-state index contributed by atoms with van der Waals surface area (Å²) >= 11 is 1.31. The third-order valence-corrected chi connectivity index (χ3v) is 5.56. The lowest BCUT2D eigenvalue weighted by molar-refractivity contribution is 0.102. The van der Waals surface area contributed by atoms with Gasteiger partial charge in [0.2, 0.25) is 0 Å². The van der Waals surface area contributed by atoms with Gasteiger partial charge in [-0.3, -0.25) is 14.3 Å². The molecule has 0 aliphatic heterocycles. The number of nitrogens with zero attached hydrogens (tertiary/aromatic N) is 4. The molecule has 0 N–H and O–H groups in total. The van der Waals surface area contributed by atoms with Crippen molar-refractivity contribution in [2.75, 3.05) is 27.0 Å². The molecule has 29 heavy (non-hydrogen) atoms. The van der Waals surface area contributed by atoms with Gasteiger partial charge in [-0.1, -0.05) is 11.8 Å². The summed E-state index contributed by atoms with van der Waals surface area (Å²) < 4.78 is 20.4. The molecule has 2 aromatic carbocycles. The first kappa shape index (κ1) is 21.0. The maximum atomic E-state index is 13.4. The molecule has 0 fully saturated rings. The fourth-order valence-corrected chi connectivity index (χ4v) is 3.55. The molecule has 0 spiro atoms. The van der Waals surface area contributed by atoms with Crippen molar-refractivity contribution < 1.29 is 13.9 Å². The molecule has 0 saturated carbocycles. The summed E-state index contributed by atoms with van der Waals surface area (Å²) in [4.78, 5) is 14.6. The van der Waals surface area contributed by atoms with E-state index in [1.54, 1.807) is 43.5 Å². The van der Waals surface area contributed by atoms with Crippen molar-refractivity contribution in [1.82, 2.24) is 19.7 Å². The van der Waals surface area contributed by atoms with E-state index in [2.05, 4.69) is 10.2 Å². The van der Waals surface area contributed by atoms with Gasteiger partial charge in [-0.25, -0.2) is 4.39 Å². The summed E-state index contributed by atoms with van der Waals surface area (Å²) in [7, 11) is 5.49. The van der Waals surface area contributed by atoms with E-state index < -0.39 is 0 Å². The lowest BCUT2D eigenvalue weighted by Gasteiger charge is -2.20. The van der Waals surface area contributed by atoms with Crippen LogP contribution in [0, 0.1) is 5.82 Å². The maximum absolute atomic E-state index is 13.4. The standard InChI is InChI=1S/C21H23FN4O2S/c1-14(25(2)3)20-23-24-21(26(20)17-9-7-16(22)8-10-17)29-13-19(27)15-5-11-18(28-4)12-6-15/h5-12,14H,13H2,1-4H3/t14-/m0/s1. The molecule has 0 aliphatic rings. The predicted molar refractivity (Wildman–Crippen MR) is 111 cm³/mol. The second-order valence-electron chi connectivity index (χ2n) is 6.73. The van der Waals surface area contributed by atoms with Crippen molar-refractivity contribution in [2.45, 2.75) is 18.1 Å². The number of ketones is 1. The molecule has 1 atom stereocenters. The summed E-state index contributed by atoms with van der Waals surface area (Å²) in [6.07, 6.45) is 0. The number of rotatable bonds is 8. The van der Waals surface area contributed by atoms with Gasteiger partial charge in [-0.05, 0) is 69.6 Å². The van der Waals surface area contributed by atoms with Crippen LogP contribution in [0.1, 0.15) is 29.1 Å². The van der Waals surface area contributed by atoms with E-state index in [1.807, 2.05) is 30.5 Å². The fraction of sp³-hybridized carbons (Fsp3) is 0.286. The second kappa shape index (κ2) is 9.19. The van der Waals surface area contributed by atoms with Gasteiger partial charge in [0.15, 0.2) is 16.8 Å². The van der Waals surface area contributed by atoms with Crippen LogP contribution in [-0.2, 0) is 0 Å². The molecule has 1 heterocycles. The molecule has 0 amide bonds. The number of halogens is 1. The molecule has 1 aromatic heterocycles. The predicted octanol–water partition coefficient (Wildman–Crippen LogP) is 4.01. The molecule has 0 radical (unpaired) electrons. The number of Topliss-reactive ketones (excluding diaryl/α,β-unsaturated/α-hetero) is 1. The molecule has 8 heteroatoms. The number of carbonyl (C=O) groups excluding carboxylic acids is 1. The van der Waals surface area contributed by atoms with Crippen molar-refractivity contribution in [3.05, 3.63) is 65.7 Å². The molecule has 0 saturated heterocycles. The average Bonchev–Trinajstić information content (AvgIpc) is 3.15. The lowest BCUT2D eigenvalue weighted by atomic mass is 10.1. The largest absolute Gasteiger partial charge is 0.497 e. The molecule has 6 nitrogen and oxygen atoms in total. The van der Waals surface area contributed by atoms with E-state index in [0.29, 0.717) is 16.5 Å². The maximum Gasteiger partial charge on any atom is 0.196 e. The Hall–Kier alpha value is -2.71. The first-order chi connectivity index (χ1) is 13.9. The summed E-state index contributed by atoms with van der Waals surface area (Å²) in [6.45, 7) is 2.01. The molecule has 0 bridgehead atoms. The van der Waals surface area contributed by atoms with E-state index >= 15 is 0 Å². The highest BCUT2D eigenvalue weighted by molar-refractivity contribution is 7.99.